The molecule has 2 aromatic heterocycles. The van der Waals surface area contributed by atoms with E-state index in [2.05, 4.69) is 25.1 Å². The van der Waals surface area contributed by atoms with Crippen molar-refractivity contribution >= 4 is 23.2 Å². The van der Waals surface area contributed by atoms with Gasteiger partial charge in [0.05, 0.1) is 5.56 Å². The molecule has 0 atom stereocenters. The lowest BCUT2D eigenvalue weighted by Crippen LogP contribution is -2.47. The molecule has 1 N–H and O–H groups in total. The van der Waals surface area contributed by atoms with E-state index in [0.29, 0.717) is 0 Å². The fourth-order valence-electron chi connectivity index (χ4n) is 3.08. The zero-order valence-corrected chi connectivity index (χ0v) is 15.7. The van der Waals surface area contributed by atoms with Crippen LogP contribution in [0.3, 0.4) is 0 Å². The third-order valence-corrected chi connectivity index (χ3v) is 5.40. The lowest BCUT2D eigenvalue weighted by molar-refractivity contribution is 0.0951. The van der Waals surface area contributed by atoms with Crippen LogP contribution in [-0.2, 0) is 0 Å². The number of nitrogens with zero attached hydrogens (tertiary/aromatic N) is 4. The second-order valence-electron chi connectivity index (χ2n) is 6.31. The molecule has 1 aliphatic heterocycles. The molecule has 0 spiro atoms. The van der Waals surface area contributed by atoms with Gasteiger partial charge in [0.25, 0.3) is 5.91 Å². The van der Waals surface area contributed by atoms with Crippen LogP contribution in [0.1, 0.15) is 26.5 Å². The molecule has 0 aliphatic carbocycles. The van der Waals surface area contributed by atoms with Crippen LogP contribution < -0.4 is 10.2 Å². The quantitative estimate of drug-likeness (QED) is 0.801. The zero-order valence-electron chi connectivity index (χ0n) is 14.9. The Kier molecular flexibility index (Phi) is 5.99. The summed E-state index contributed by atoms with van der Waals surface area (Å²) in [4.78, 5) is 27.7. The van der Waals surface area contributed by atoms with Crippen LogP contribution >= 0.6 is 11.3 Å². The molecule has 0 aromatic carbocycles. The minimum atomic E-state index is 0.0490. The van der Waals surface area contributed by atoms with Crippen molar-refractivity contribution in [2.45, 2.75) is 20.3 Å². The van der Waals surface area contributed by atoms with E-state index in [-0.39, 0.29) is 5.91 Å². The van der Waals surface area contributed by atoms with Crippen LogP contribution in [0, 0.1) is 13.8 Å². The summed E-state index contributed by atoms with van der Waals surface area (Å²) in [5, 5.41) is 3.04. The van der Waals surface area contributed by atoms with Crippen molar-refractivity contribution in [3.63, 3.8) is 0 Å². The summed E-state index contributed by atoms with van der Waals surface area (Å²) in [6.45, 7) is 9.68. The average Bonchev–Trinajstić information content (AvgIpc) is 2.98. The molecule has 0 unspecified atom stereocenters. The molecule has 1 amide bonds. The van der Waals surface area contributed by atoms with Crippen molar-refractivity contribution in [2.75, 3.05) is 44.2 Å². The molecular weight excluding hydrogens is 334 g/mol. The molecule has 1 fully saturated rings. The van der Waals surface area contributed by atoms with Crippen molar-refractivity contribution in [3.05, 3.63) is 39.8 Å². The number of aryl methyl sites for hydroxylation is 2. The van der Waals surface area contributed by atoms with E-state index in [0.717, 1.165) is 62.1 Å². The van der Waals surface area contributed by atoms with Crippen molar-refractivity contribution in [1.82, 2.24) is 20.2 Å². The Morgan fingerprint density at radius 3 is 2.56 bits per heavy atom. The first kappa shape index (κ1) is 17.8. The lowest BCUT2D eigenvalue weighted by Gasteiger charge is -2.34. The van der Waals surface area contributed by atoms with Gasteiger partial charge in [-0.15, -0.1) is 11.3 Å². The highest BCUT2D eigenvalue weighted by atomic mass is 32.1. The minimum Gasteiger partial charge on any atom is -0.352 e. The second-order valence-corrected chi connectivity index (χ2v) is 7.77. The summed E-state index contributed by atoms with van der Waals surface area (Å²) >= 11 is 1.67. The van der Waals surface area contributed by atoms with Crippen LogP contribution in [0.25, 0.3) is 0 Å². The number of carbonyl (C=O) groups excluding carboxylic acids is 1. The molecule has 2 aromatic rings. The van der Waals surface area contributed by atoms with Gasteiger partial charge in [-0.3, -0.25) is 9.69 Å². The number of aromatic nitrogens is 2. The van der Waals surface area contributed by atoms with Gasteiger partial charge in [0.2, 0.25) is 5.95 Å². The van der Waals surface area contributed by atoms with Gasteiger partial charge in [-0.25, -0.2) is 9.97 Å². The first-order chi connectivity index (χ1) is 12.1. The first-order valence-electron chi connectivity index (χ1n) is 8.73. The molecule has 1 saturated heterocycles. The summed E-state index contributed by atoms with van der Waals surface area (Å²) in [6, 6.07) is 3.81. The second kappa shape index (κ2) is 8.40. The van der Waals surface area contributed by atoms with Crippen LogP contribution in [0.4, 0.5) is 5.95 Å². The van der Waals surface area contributed by atoms with Crippen molar-refractivity contribution in [2.24, 2.45) is 0 Å². The number of hydrogen-bond acceptors (Lipinski definition) is 6. The standard InChI is InChI=1S/C18H25N5OS/c1-14-13-16(15(2)25-14)17(24)19-7-4-8-22-9-11-23(12-10-22)18-20-5-3-6-21-18/h3,5-6,13H,4,7-12H2,1-2H3,(H,19,24). The number of anilines is 1. The van der Waals surface area contributed by atoms with Crippen molar-refractivity contribution in [3.8, 4) is 0 Å². The number of carbonyl (C=O) groups is 1. The van der Waals surface area contributed by atoms with Crippen LogP contribution in [-0.4, -0.2) is 60.0 Å². The maximum Gasteiger partial charge on any atom is 0.252 e. The molecule has 1 aliphatic rings. The van der Waals surface area contributed by atoms with E-state index in [1.165, 1.54) is 4.88 Å². The van der Waals surface area contributed by atoms with Gasteiger partial charge < -0.3 is 10.2 Å². The number of nitrogens with one attached hydrogen (secondary N) is 1. The Balaban J connectivity index is 1.35. The van der Waals surface area contributed by atoms with E-state index in [9.17, 15) is 4.79 Å². The van der Waals surface area contributed by atoms with E-state index in [1.54, 1.807) is 23.7 Å². The molecule has 0 radical (unpaired) electrons. The summed E-state index contributed by atoms with van der Waals surface area (Å²) < 4.78 is 0. The molecular formula is C18H25N5OS. The third-order valence-electron chi connectivity index (χ3n) is 4.43. The van der Waals surface area contributed by atoms with E-state index >= 15 is 0 Å². The molecule has 25 heavy (non-hydrogen) atoms. The SMILES string of the molecule is Cc1cc(C(=O)NCCCN2CCN(c3ncccn3)CC2)c(C)s1. The molecule has 0 saturated carbocycles. The summed E-state index contributed by atoms with van der Waals surface area (Å²) in [5.41, 5.74) is 0.818. The predicted octanol–water partition coefficient (Wildman–Crippen LogP) is 2.10. The van der Waals surface area contributed by atoms with E-state index in [4.69, 9.17) is 0 Å². The number of hydrogen-bond donors (Lipinski definition) is 1. The van der Waals surface area contributed by atoms with Gasteiger partial charge in [0, 0.05) is 54.9 Å². The molecule has 0 bridgehead atoms. The number of amides is 1. The Morgan fingerprint density at radius 2 is 1.92 bits per heavy atom. The number of thiophene rings is 1. The molecule has 134 valence electrons. The highest BCUT2D eigenvalue weighted by Crippen LogP contribution is 2.20. The Morgan fingerprint density at radius 1 is 1.20 bits per heavy atom. The van der Waals surface area contributed by atoms with Gasteiger partial charge in [0.1, 0.15) is 0 Å². The lowest BCUT2D eigenvalue weighted by atomic mass is 10.2. The first-order valence-corrected chi connectivity index (χ1v) is 9.54. The van der Waals surface area contributed by atoms with Crippen LogP contribution in [0.15, 0.2) is 24.5 Å². The minimum absolute atomic E-state index is 0.0490. The Bertz CT molecular complexity index is 695. The summed E-state index contributed by atoms with van der Waals surface area (Å²) in [6.07, 6.45) is 4.54. The zero-order chi connectivity index (χ0) is 17.6. The smallest absolute Gasteiger partial charge is 0.252 e. The highest BCUT2D eigenvalue weighted by molar-refractivity contribution is 7.12. The Hall–Kier alpha value is -1.99. The fraction of sp³-hybridized carbons (Fsp3) is 0.500. The summed E-state index contributed by atoms with van der Waals surface area (Å²) in [7, 11) is 0. The largest absolute Gasteiger partial charge is 0.352 e. The van der Waals surface area contributed by atoms with Crippen LogP contribution in [0.5, 0.6) is 0 Å². The number of piperazine rings is 1. The van der Waals surface area contributed by atoms with Crippen molar-refractivity contribution < 1.29 is 4.79 Å². The third kappa shape index (κ3) is 4.76. The molecule has 7 heteroatoms. The van der Waals surface area contributed by atoms with Gasteiger partial charge in [-0.2, -0.15) is 0 Å². The molecule has 6 nitrogen and oxygen atoms in total. The maximum absolute atomic E-state index is 12.2. The average molecular weight is 359 g/mol. The topological polar surface area (TPSA) is 61.4 Å². The number of rotatable bonds is 6. The van der Waals surface area contributed by atoms with Gasteiger partial charge in [-0.05, 0) is 38.9 Å². The predicted molar refractivity (Wildman–Crippen MR) is 101 cm³/mol. The molecule has 3 heterocycles. The van der Waals surface area contributed by atoms with E-state index < -0.39 is 0 Å². The monoisotopic (exact) mass is 359 g/mol. The maximum atomic E-state index is 12.2. The summed E-state index contributed by atoms with van der Waals surface area (Å²) in [5.74, 6) is 0.865. The highest BCUT2D eigenvalue weighted by Gasteiger charge is 2.18. The fourth-order valence-corrected chi connectivity index (χ4v) is 4.00. The van der Waals surface area contributed by atoms with Gasteiger partial charge in [0.15, 0.2) is 0 Å². The van der Waals surface area contributed by atoms with Gasteiger partial charge in [-0.1, -0.05) is 0 Å². The van der Waals surface area contributed by atoms with Crippen LogP contribution in [0.2, 0.25) is 0 Å². The Labute approximate surface area is 152 Å². The van der Waals surface area contributed by atoms with Crippen molar-refractivity contribution in [1.29, 1.82) is 0 Å². The van der Waals surface area contributed by atoms with E-state index in [1.807, 2.05) is 26.0 Å². The van der Waals surface area contributed by atoms with Gasteiger partial charge >= 0.3 is 0 Å². The normalized spacial score (nSPS) is 15.4. The molecule has 3 rings (SSSR count).